The molecule has 0 saturated carbocycles. The van der Waals surface area contributed by atoms with Crippen LogP contribution in [0.1, 0.15) is 17.3 Å². The lowest BCUT2D eigenvalue weighted by molar-refractivity contribution is -0.137. The Hall–Kier alpha value is -2.82. The van der Waals surface area contributed by atoms with Gasteiger partial charge in [-0.05, 0) is 19.1 Å². The fraction of sp³-hybridized carbons (Fsp3) is 0.125. The van der Waals surface area contributed by atoms with Crippen molar-refractivity contribution in [2.45, 2.75) is 6.92 Å². The molecule has 0 amide bonds. The van der Waals surface area contributed by atoms with E-state index in [1.54, 1.807) is 25.1 Å². The lowest BCUT2D eigenvalue weighted by atomic mass is 9.95. The second kappa shape index (κ2) is 6.09. The van der Waals surface area contributed by atoms with E-state index in [4.69, 9.17) is 4.74 Å². The molecule has 108 valence electrons. The molecular formula is C16H14O5. The van der Waals surface area contributed by atoms with Crippen molar-refractivity contribution in [2.24, 2.45) is 0 Å². The van der Waals surface area contributed by atoms with E-state index in [9.17, 15) is 19.8 Å². The van der Waals surface area contributed by atoms with Crippen LogP contribution in [-0.4, -0.2) is 28.6 Å². The third kappa shape index (κ3) is 2.86. The Labute approximate surface area is 121 Å². The highest BCUT2D eigenvalue weighted by Crippen LogP contribution is 2.38. The Morgan fingerprint density at radius 2 is 1.62 bits per heavy atom. The van der Waals surface area contributed by atoms with Crippen LogP contribution in [0.15, 0.2) is 42.5 Å². The van der Waals surface area contributed by atoms with Gasteiger partial charge in [-0.2, -0.15) is 0 Å². The molecule has 0 unspecified atom stereocenters. The fourth-order valence-electron chi connectivity index (χ4n) is 2.01. The number of ketones is 1. The van der Waals surface area contributed by atoms with Crippen LogP contribution in [0.4, 0.5) is 0 Å². The third-order valence-electron chi connectivity index (χ3n) is 2.92. The van der Waals surface area contributed by atoms with Gasteiger partial charge in [-0.3, -0.25) is 4.79 Å². The van der Waals surface area contributed by atoms with Crippen molar-refractivity contribution in [3.63, 3.8) is 0 Å². The number of rotatable bonds is 4. The number of phenolic OH excluding ortho intramolecular Hbond substituents is 2. The molecule has 0 aliphatic heterocycles. The summed E-state index contributed by atoms with van der Waals surface area (Å²) in [7, 11) is 0. The quantitative estimate of drug-likeness (QED) is 0.512. The Kier molecular flexibility index (Phi) is 4.23. The lowest BCUT2D eigenvalue weighted by Crippen LogP contribution is -2.18. The number of hydrogen-bond acceptors (Lipinski definition) is 5. The number of hydrogen-bond donors (Lipinski definition) is 2. The number of carbonyl (C=O) groups excluding carboxylic acids is 2. The Morgan fingerprint density at radius 1 is 1.00 bits per heavy atom. The van der Waals surface area contributed by atoms with Crippen LogP contribution in [-0.2, 0) is 9.53 Å². The zero-order valence-electron chi connectivity index (χ0n) is 11.4. The topological polar surface area (TPSA) is 83.8 Å². The zero-order chi connectivity index (χ0) is 15.4. The van der Waals surface area contributed by atoms with Gasteiger partial charge in [0.15, 0.2) is 0 Å². The summed E-state index contributed by atoms with van der Waals surface area (Å²) in [5.74, 6) is -2.16. The Morgan fingerprint density at radius 3 is 2.24 bits per heavy atom. The van der Waals surface area contributed by atoms with Crippen LogP contribution in [0, 0.1) is 0 Å². The number of carbonyl (C=O) groups is 2. The molecule has 0 atom stereocenters. The van der Waals surface area contributed by atoms with Gasteiger partial charge in [0.2, 0.25) is 0 Å². The molecule has 2 N–H and O–H groups in total. The van der Waals surface area contributed by atoms with Gasteiger partial charge >= 0.3 is 5.97 Å². The van der Waals surface area contributed by atoms with Crippen LogP contribution >= 0.6 is 0 Å². The summed E-state index contributed by atoms with van der Waals surface area (Å²) >= 11 is 0. The second-order valence-electron chi connectivity index (χ2n) is 4.27. The smallest absolute Gasteiger partial charge is 0.379 e. The highest BCUT2D eigenvalue weighted by molar-refractivity contribution is 6.42. The first-order valence-electron chi connectivity index (χ1n) is 6.38. The monoisotopic (exact) mass is 286 g/mol. The number of ether oxygens (including phenoxy) is 1. The minimum atomic E-state index is -0.972. The summed E-state index contributed by atoms with van der Waals surface area (Å²) in [6.07, 6.45) is 0. The van der Waals surface area contributed by atoms with Crippen molar-refractivity contribution < 1.29 is 24.5 Å². The zero-order valence-corrected chi connectivity index (χ0v) is 11.4. The second-order valence-corrected chi connectivity index (χ2v) is 4.27. The fourth-order valence-corrected chi connectivity index (χ4v) is 2.01. The van der Waals surface area contributed by atoms with Crippen molar-refractivity contribution in [1.29, 1.82) is 0 Å². The van der Waals surface area contributed by atoms with Crippen molar-refractivity contribution >= 4 is 11.8 Å². The average Bonchev–Trinajstić information content (AvgIpc) is 2.47. The first-order valence-corrected chi connectivity index (χ1v) is 6.38. The number of Topliss-reactive ketones (excluding diaryl/α,β-unsaturated/α-hetero) is 1. The van der Waals surface area contributed by atoms with Gasteiger partial charge in [-0.25, -0.2) is 4.79 Å². The van der Waals surface area contributed by atoms with E-state index < -0.39 is 11.8 Å². The molecule has 21 heavy (non-hydrogen) atoms. The Balaban J connectivity index is 2.57. The molecule has 0 spiro atoms. The van der Waals surface area contributed by atoms with Crippen LogP contribution in [0.25, 0.3) is 11.1 Å². The molecule has 0 fully saturated rings. The molecule has 2 aromatic carbocycles. The van der Waals surface area contributed by atoms with Crippen LogP contribution < -0.4 is 0 Å². The van der Waals surface area contributed by atoms with Crippen LogP contribution in [0.2, 0.25) is 0 Å². The van der Waals surface area contributed by atoms with Gasteiger partial charge < -0.3 is 14.9 Å². The largest absolute Gasteiger partial charge is 0.507 e. The normalized spacial score (nSPS) is 10.1. The number of esters is 1. The van der Waals surface area contributed by atoms with E-state index in [1.807, 2.05) is 0 Å². The molecule has 0 heterocycles. The summed E-state index contributed by atoms with van der Waals surface area (Å²) in [6.45, 7) is 1.69. The van der Waals surface area contributed by atoms with Gasteiger partial charge in [0, 0.05) is 11.1 Å². The summed E-state index contributed by atoms with van der Waals surface area (Å²) in [5, 5.41) is 19.8. The molecule has 0 bridgehead atoms. The summed E-state index contributed by atoms with van der Waals surface area (Å²) in [4.78, 5) is 23.7. The summed E-state index contributed by atoms with van der Waals surface area (Å²) in [5.41, 5.74) is 0.435. The first kappa shape index (κ1) is 14.6. The predicted molar refractivity (Wildman–Crippen MR) is 76.2 cm³/mol. The number of benzene rings is 2. The van der Waals surface area contributed by atoms with Crippen molar-refractivity contribution in [3.05, 3.63) is 48.0 Å². The van der Waals surface area contributed by atoms with Crippen LogP contribution in [0.3, 0.4) is 0 Å². The number of aromatic hydroxyl groups is 2. The average molecular weight is 286 g/mol. The molecule has 0 aliphatic carbocycles. The van der Waals surface area contributed by atoms with Gasteiger partial charge in [0.1, 0.15) is 11.5 Å². The van der Waals surface area contributed by atoms with Gasteiger partial charge in [-0.1, -0.05) is 30.3 Å². The highest BCUT2D eigenvalue weighted by Gasteiger charge is 2.23. The summed E-state index contributed by atoms with van der Waals surface area (Å²) in [6, 6.07) is 10.5. The maximum absolute atomic E-state index is 12.1. The van der Waals surface area contributed by atoms with E-state index in [0.717, 1.165) is 0 Å². The van der Waals surface area contributed by atoms with E-state index >= 15 is 0 Å². The summed E-state index contributed by atoms with van der Waals surface area (Å²) < 4.78 is 4.70. The maximum Gasteiger partial charge on any atom is 0.379 e. The van der Waals surface area contributed by atoms with Crippen molar-refractivity contribution in [2.75, 3.05) is 6.61 Å². The SMILES string of the molecule is CCOC(=O)C(=O)c1ccccc1-c1c(O)cccc1O. The molecule has 2 aromatic rings. The molecular weight excluding hydrogens is 272 g/mol. The lowest BCUT2D eigenvalue weighted by Gasteiger charge is -2.11. The van der Waals surface area contributed by atoms with Crippen molar-refractivity contribution in [1.82, 2.24) is 0 Å². The predicted octanol–water partition coefficient (Wildman–Crippen LogP) is 2.51. The molecule has 0 saturated heterocycles. The molecule has 5 heteroatoms. The van der Waals surface area contributed by atoms with E-state index in [1.165, 1.54) is 24.3 Å². The molecule has 0 radical (unpaired) electrons. The minimum Gasteiger partial charge on any atom is -0.507 e. The molecule has 0 aromatic heterocycles. The molecule has 5 nitrogen and oxygen atoms in total. The standard InChI is InChI=1S/C16H14O5/c1-2-21-16(20)15(19)11-7-4-3-6-10(11)14-12(17)8-5-9-13(14)18/h3-9,17-18H,2H2,1H3. The third-order valence-corrected chi connectivity index (χ3v) is 2.92. The molecule has 2 rings (SSSR count). The van der Waals surface area contributed by atoms with Gasteiger partial charge in [-0.15, -0.1) is 0 Å². The first-order chi connectivity index (χ1) is 10.1. The van der Waals surface area contributed by atoms with Crippen LogP contribution in [0.5, 0.6) is 11.5 Å². The van der Waals surface area contributed by atoms with Gasteiger partial charge in [0.05, 0.1) is 12.2 Å². The molecule has 0 aliphatic rings. The van der Waals surface area contributed by atoms with E-state index in [-0.39, 0.29) is 34.8 Å². The van der Waals surface area contributed by atoms with E-state index in [2.05, 4.69) is 0 Å². The van der Waals surface area contributed by atoms with Gasteiger partial charge in [0.25, 0.3) is 5.78 Å². The Bertz CT molecular complexity index is 671. The van der Waals surface area contributed by atoms with Crippen molar-refractivity contribution in [3.8, 4) is 22.6 Å². The minimum absolute atomic E-state index is 0.0627. The number of phenols is 2. The highest BCUT2D eigenvalue weighted by atomic mass is 16.5. The maximum atomic E-state index is 12.1. The van der Waals surface area contributed by atoms with E-state index in [0.29, 0.717) is 0 Å².